The van der Waals surface area contributed by atoms with E-state index in [0.717, 1.165) is 55.6 Å². The van der Waals surface area contributed by atoms with Gasteiger partial charge in [-0.3, -0.25) is 19.4 Å². The summed E-state index contributed by atoms with van der Waals surface area (Å²) in [5, 5.41) is 10.1. The van der Waals surface area contributed by atoms with E-state index in [0.29, 0.717) is 30.3 Å². The Labute approximate surface area is 241 Å². The molecule has 2 aliphatic rings. The first-order chi connectivity index (χ1) is 19.2. The normalized spacial score (nSPS) is 20.3. The predicted octanol–water partition coefficient (Wildman–Crippen LogP) is 5.63. The van der Waals surface area contributed by atoms with Crippen molar-refractivity contribution in [3.8, 4) is 5.75 Å². The minimum atomic E-state index is -0.678. The fourth-order valence-corrected chi connectivity index (χ4v) is 6.01. The van der Waals surface area contributed by atoms with Gasteiger partial charge in [0.25, 0.3) is 0 Å². The summed E-state index contributed by atoms with van der Waals surface area (Å²) < 4.78 is 5.75. The first kappa shape index (κ1) is 29.9. The molecule has 2 aromatic rings. The number of imide groups is 1. The van der Waals surface area contributed by atoms with Crippen LogP contribution in [0.15, 0.2) is 42.5 Å². The van der Waals surface area contributed by atoms with Crippen molar-refractivity contribution < 1.29 is 24.2 Å². The maximum atomic E-state index is 12.2. The van der Waals surface area contributed by atoms with E-state index in [9.17, 15) is 19.5 Å². The lowest BCUT2D eigenvalue weighted by molar-refractivity contribution is -0.143. The van der Waals surface area contributed by atoms with Gasteiger partial charge in [-0.2, -0.15) is 0 Å². The van der Waals surface area contributed by atoms with Gasteiger partial charge in [0, 0.05) is 37.7 Å². The van der Waals surface area contributed by atoms with Crippen LogP contribution in [0.5, 0.6) is 5.75 Å². The van der Waals surface area contributed by atoms with Crippen LogP contribution in [-0.4, -0.2) is 71.5 Å². The predicted molar refractivity (Wildman–Crippen MR) is 154 cm³/mol. The Morgan fingerprint density at radius 3 is 2.42 bits per heavy atom. The van der Waals surface area contributed by atoms with Crippen molar-refractivity contribution in [3.63, 3.8) is 0 Å². The summed E-state index contributed by atoms with van der Waals surface area (Å²) in [6.45, 7) is 4.34. The topological polar surface area (TPSA) is 90.4 Å². The fraction of sp³-hybridized carbons (Fsp3) is 0.516. The van der Waals surface area contributed by atoms with Gasteiger partial charge in [0.15, 0.2) is 0 Å². The minimum Gasteiger partial charge on any atom is -0.496 e. The van der Waals surface area contributed by atoms with E-state index in [1.807, 2.05) is 12.1 Å². The number of amides is 3. The number of carboxylic acids is 1. The van der Waals surface area contributed by atoms with Crippen molar-refractivity contribution in [2.24, 2.45) is 11.8 Å². The Balaban J connectivity index is 1.44. The third-order valence-corrected chi connectivity index (χ3v) is 8.64. The number of hydrogen-bond donors (Lipinski definition) is 1. The number of urea groups is 1. The van der Waals surface area contributed by atoms with E-state index in [1.54, 1.807) is 14.2 Å². The Kier molecular flexibility index (Phi) is 10.1. The number of likely N-dealkylation sites (N-methyl/N-ethyl adjacent to an activating group) is 1. The summed E-state index contributed by atoms with van der Waals surface area (Å²) in [7, 11) is 3.31. The Bertz CT molecular complexity index is 1200. The van der Waals surface area contributed by atoms with Crippen molar-refractivity contribution in [3.05, 3.63) is 64.2 Å². The third-order valence-electron chi connectivity index (χ3n) is 8.38. The molecule has 3 amide bonds. The summed E-state index contributed by atoms with van der Waals surface area (Å²) >= 11 is 6.15. The second-order valence-corrected chi connectivity index (χ2v) is 11.6. The largest absolute Gasteiger partial charge is 0.496 e. The number of aliphatic carboxylic acids is 1. The number of carbonyl (C=O) groups excluding carboxylic acids is 2. The van der Waals surface area contributed by atoms with E-state index in [1.165, 1.54) is 15.4 Å². The smallest absolute Gasteiger partial charge is 0.326 e. The fourth-order valence-electron chi connectivity index (χ4n) is 5.88. The molecule has 1 aliphatic carbocycles. The summed E-state index contributed by atoms with van der Waals surface area (Å²) in [4.78, 5) is 40.9. The highest BCUT2D eigenvalue weighted by Gasteiger charge is 2.33. The number of carboxylic acid groups (broad SMARTS) is 1. The van der Waals surface area contributed by atoms with Gasteiger partial charge in [-0.1, -0.05) is 35.9 Å². The molecule has 40 heavy (non-hydrogen) atoms. The molecule has 216 valence electrons. The Hall–Kier alpha value is -3.10. The van der Waals surface area contributed by atoms with Crippen LogP contribution in [0.2, 0.25) is 5.02 Å². The maximum absolute atomic E-state index is 12.2. The van der Waals surface area contributed by atoms with Gasteiger partial charge >= 0.3 is 12.0 Å². The molecule has 0 bridgehead atoms. The van der Waals surface area contributed by atoms with Crippen molar-refractivity contribution in [2.75, 3.05) is 33.8 Å². The van der Waals surface area contributed by atoms with Crippen molar-refractivity contribution in [1.82, 2.24) is 14.7 Å². The molecule has 0 radical (unpaired) electrons. The van der Waals surface area contributed by atoms with Gasteiger partial charge in [-0.15, -0.1) is 0 Å². The molecule has 1 atom stereocenters. The number of rotatable bonds is 12. The van der Waals surface area contributed by atoms with Gasteiger partial charge in [0.1, 0.15) is 12.3 Å². The standard InChI is InChI=1S/C31H40ClN3O5/c1-21(24-12-14-27(32)15-13-24)34(18-22-6-10-26(11-7-22)30(37)38)19-23-8-9-25(28(17-23)40-3)5-4-16-35-29(36)20-33(2)31(35)39/h8-9,12-15,17,21-22,26H,4-7,10-11,16,18-20H2,1-3H3,(H,37,38)/t21-,22?,26?/m0/s1. The Morgan fingerprint density at radius 2 is 1.82 bits per heavy atom. The van der Waals surface area contributed by atoms with Crippen LogP contribution >= 0.6 is 11.6 Å². The maximum Gasteiger partial charge on any atom is 0.326 e. The molecule has 2 fully saturated rings. The number of nitrogens with zero attached hydrogens (tertiary/aromatic N) is 3. The van der Waals surface area contributed by atoms with E-state index in [2.05, 4.69) is 42.2 Å². The van der Waals surface area contributed by atoms with E-state index >= 15 is 0 Å². The SMILES string of the molecule is COc1cc(CN(CC2CCC(C(=O)O)CC2)[C@@H](C)c2ccc(Cl)cc2)ccc1CCCN1C(=O)CN(C)C1=O. The highest BCUT2D eigenvalue weighted by atomic mass is 35.5. The average Bonchev–Trinajstić information content (AvgIpc) is 3.19. The number of methoxy groups -OCH3 is 1. The zero-order valence-corrected chi connectivity index (χ0v) is 24.4. The molecule has 1 aliphatic heterocycles. The molecular weight excluding hydrogens is 530 g/mol. The van der Waals surface area contributed by atoms with Crippen LogP contribution in [0.4, 0.5) is 4.79 Å². The van der Waals surface area contributed by atoms with E-state index in [-0.39, 0.29) is 30.4 Å². The number of halogens is 1. The molecule has 0 unspecified atom stereocenters. The lowest BCUT2D eigenvalue weighted by Gasteiger charge is -2.35. The monoisotopic (exact) mass is 569 g/mol. The van der Waals surface area contributed by atoms with Gasteiger partial charge in [0.2, 0.25) is 5.91 Å². The second-order valence-electron chi connectivity index (χ2n) is 11.1. The van der Waals surface area contributed by atoms with Crippen molar-refractivity contribution >= 4 is 29.5 Å². The summed E-state index contributed by atoms with van der Waals surface area (Å²) in [5.74, 6) is 0.193. The second kappa shape index (κ2) is 13.5. The first-order valence-electron chi connectivity index (χ1n) is 14.1. The molecule has 1 saturated carbocycles. The molecule has 0 aromatic heterocycles. The van der Waals surface area contributed by atoms with Crippen LogP contribution in [0.25, 0.3) is 0 Å². The zero-order valence-electron chi connectivity index (χ0n) is 23.6. The van der Waals surface area contributed by atoms with Gasteiger partial charge in [0.05, 0.1) is 13.0 Å². The number of aryl methyl sites for hydroxylation is 1. The number of hydrogen-bond acceptors (Lipinski definition) is 5. The first-order valence-corrected chi connectivity index (χ1v) is 14.5. The van der Waals surface area contributed by atoms with E-state index < -0.39 is 5.97 Å². The lowest BCUT2D eigenvalue weighted by Crippen LogP contribution is -2.34. The molecule has 8 nitrogen and oxygen atoms in total. The van der Waals surface area contributed by atoms with E-state index in [4.69, 9.17) is 16.3 Å². The molecule has 2 aromatic carbocycles. The lowest BCUT2D eigenvalue weighted by atomic mass is 9.81. The molecule has 1 N–H and O–H groups in total. The van der Waals surface area contributed by atoms with Crippen molar-refractivity contribution in [2.45, 2.75) is 58.0 Å². The highest BCUT2D eigenvalue weighted by Crippen LogP contribution is 2.33. The summed E-state index contributed by atoms with van der Waals surface area (Å²) in [6, 6.07) is 14.2. The van der Waals surface area contributed by atoms with Gasteiger partial charge in [-0.25, -0.2) is 4.79 Å². The average molecular weight is 570 g/mol. The summed E-state index contributed by atoms with van der Waals surface area (Å²) in [6.07, 6.45) is 4.66. The molecule has 4 rings (SSSR count). The van der Waals surface area contributed by atoms with Crippen molar-refractivity contribution in [1.29, 1.82) is 0 Å². The van der Waals surface area contributed by atoms with Crippen LogP contribution in [0.1, 0.15) is 61.8 Å². The molecular formula is C31H40ClN3O5. The highest BCUT2D eigenvalue weighted by molar-refractivity contribution is 6.30. The van der Waals surface area contributed by atoms with Crippen LogP contribution in [0, 0.1) is 11.8 Å². The van der Waals surface area contributed by atoms with Gasteiger partial charge < -0.3 is 14.7 Å². The zero-order chi connectivity index (χ0) is 28.8. The number of ether oxygens (including phenoxy) is 1. The Morgan fingerprint density at radius 1 is 1.12 bits per heavy atom. The summed E-state index contributed by atoms with van der Waals surface area (Å²) in [5.41, 5.74) is 3.36. The number of benzene rings is 2. The van der Waals surface area contributed by atoms with Crippen LogP contribution < -0.4 is 4.74 Å². The molecule has 1 saturated heterocycles. The third kappa shape index (κ3) is 7.34. The molecule has 0 spiro atoms. The quantitative estimate of drug-likeness (QED) is 0.333. The minimum absolute atomic E-state index is 0.142. The van der Waals surface area contributed by atoms with Gasteiger partial charge in [-0.05, 0) is 86.3 Å². The number of carbonyl (C=O) groups is 3. The van der Waals surface area contributed by atoms with Crippen LogP contribution in [0.3, 0.4) is 0 Å². The molecule has 9 heteroatoms. The molecule has 1 heterocycles. The van der Waals surface area contributed by atoms with Crippen LogP contribution in [-0.2, 0) is 22.6 Å².